The van der Waals surface area contributed by atoms with Gasteiger partial charge in [-0.1, -0.05) is 32.1 Å². The van der Waals surface area contributed by atoms with Gasteiger partial charge in [0.15, 0.2) is 5.96 Å². The maximum Gasteiger partial charge on any atom is 0.229 e. The van der Waals surface area contributed by atoms with E-state index in [0.717, 1.165) is 24.8 Å². The summed E-state index contributed by atoms with van der Waals surface area (Å²) in [6.07, 6.45) is 11.1. The zero-order valence-corrected chi connectivity index (χ0v) is 15.0. The average Bonchev–Trinajstić information content (AvgIpc) is 2.60. The van der Waals surface area contributed by atoms with Gasteiger partial charge in [0.25, 0.3) is 0 Å². The molecule has 0 aromatic carbocycles. The smallest absolute Gasteiger partial charge is 0.229 e. The highest BCUT2D eigenvalue weighted by Crippen LogP contribution is 2.26. The van der Waals surface area contributed by atoms with Gasteiger partial charge in [-0.3, -0.25) is 19.5 Å². The molecule has 0 radical (unpaired) electrons. The van der Waals surface area contributed by atoms with Crippen molar-refractivity contribution in [2.45, 2.75) is 64.2 Å². The lowest BCUT2D eigenvalue weighted by Crippen LogP contribution is -2.46. The Hall–Kier alpha value is -1.59. The summed E-state index contributed by atoms with van der Waals surface area (Å²) in [4.78, 5) is 29.1. The third-order valence-electron chi connectivity index (χ3n) is 5.04. The molecule has 24 heavy (non-hydrogen) atoms. The third kappa shape index (κ3) is 6.13. The molecule has 2 N–H and O–H groups in total. The first kappa shape index (κ1) is 18.7. The minimum absolute atomic E-state index is 0.0523. The molecule has 0 aromatic rings. The van der Waals surface area contributed by atoms with E-state index in [1.807, 2.05) is 0 Å². The van der Waals surface area contributed by atoms with Gasteiger partial charge < -0.3 is 10.6 Å². The number of carbonyl (C=O) groups is 2. The molecule has 1 saturated heterocycles. The highest BCUT2D eigenvalue weighted by atomic mass is 16.2. The summed E-state index contributed by atoms with van der Waals surface area (Å²) >= 11 is 0. The summed E-state index contributed by atoms with van der Waals surface area (Å²) in [6.45, 7) is 1.87. The van der Waals surface area contributed by atoms with Crippen molar-refractivity contribution in [1.82, 2.24) is 15.5 Å². The highest BCUT2D eigenvalue weighted by Gasteiger charge is 2.25. The van der Waals surface area contributed by atoms with Crippen molar-refractivity contribution < 1.29 is 9.59 Å². The van der Waals surface area contributed by atoms with Gasteiger partial charge in [-0.05, 0) is 25.2 Å². The molecule has 0 unspecified atom stereocenters. The molecule has 2 fully saturated rings. The van der Waals surface area contributed by atoms with Crippen molar-refractivity contribution in [1.29, 1.82) is 0 Å². The van der Waals surface area contributed by atoms with Crippen LogP contribution < -0.4 is 10.6 Å². The van der Waals surface area contributed by atoms with E-state index < -0.39 is 0 Å². The van der Waals surface area contributed by atoms with Crippen LogP contribution in [0.1, 0.15) is 64.2 Å². The molecule has 1 aliphatic carbocycles. The Morgan fingerprint density at radius 1 is 1.04 bits per heavy atom. The lowest BCUT2D eigenvalue weighted by Gasteiger charge is -2.25. The van der Waals surface area contributed by atoms with Crippen LogP contribution >= 0.6 is 0 Å². The number of nitrogens with zero attached hydrogens (tertiary/aromatic N) is 2. The van der Waals surface area contributed by atoms with E-state index in [1.165, 1.54) is 43.4 Å². The maximum absolute atomic E-state index is 11.7. The van der Waals surface area contributed by atoms with Gasteiger partial charge in [0.05, 0.1) is 0 Å². The van der Waals surface area contributed by atoms with Crippen LogP contribution in [0.2, 0.25) is 0 Å². The fraction of sp³-hybridized carbons (Fsp3) is 0.833. The Kier molecular flexibility index (Phi) is 8.05. The number of piperidine rings is 1. The Labute approximate surface area is 145 Å². The molecule has 0 spiro atoms. The van der Waals surface area contributed by atoms with Crippen molar-refractivity contribution in [3.63, 3.8) is 0 Å². The van der Waals surface area contributed by atoms with Gasteiger partial charge in [-0.2, -0.15) is 0 Å². The van der Waals surface area contributed by atoms with Crippen LogP contribution in [0.3, 0.4) is 0 Å². The van der Waals surface area contributed by atoms with Gasteiger partial charge >= 0.3 is 0 Å². The van der Waals surface area contributed by atoms with Crippen LogP contribution in [0.15, 0.2) is 4.99 Å². The first-order valence-corrected chi connectivity index (χ1v) is 9.48. The predicted octanol–water partition coefficient (Wildman–Crippen LogP) is 2.05. The number of amides is 2. The topological polar surface area (TPSA) is 73.8 Å². The first-order chi connectivity index (χ1) is 11.7. The first-order valence-electron chi connectivity index (χ1n) is 9.48. The van der Waals surface area contributed by atoms with E-state index in [4.69, 9.17) is 0 Å². The Bertz CT molecular complexity index is 428. The van der Waals surface area contributed by atoms with Crippen LogP contribution in [0.25, 0.3) is 0 Å². The third-order valence-corrected chi connectivity index (χ3v) is 5.04. The minimum Gasteiger partial charge on any atom is -0.356 e. The van der Waals surface area contributed by atoms with Gasteiger partial charge in [0.1, 0.15) is 0 Å². The van der Waals surface area contributed by atoms with E-state index in [2.05, 4.69) is 15.6 Å². The summed E-state index contributed by atoms with van der Waals surface area (Å²) in [7, 11) is 1.74. The number of hydrogen-bond acceptors (Lipinski definition) is 3. The van der Waals surface area contributed by atoms with Crippen LogP contribution in [-0.2, 0) is 9.59 Å². The Balaban J connectivity index is 1.58. The molecule has 1 saturated carbocycles. The molecule has 2 amide bonds. The number of imide groups is 1. The largest absolute Gasteiger partial charge is 0.356 e. The lowest BCUT2D eigenvalue weighted by atomic mass is 9.86. The van der Waals surface area contributed by atoms with E-state index in [0.29, 0.717) is 32.4 Å². The van der Waals surface area contributed by atoms with Crippen molar-refractivity contribution in [3.05, 3.63) is 0 Å². The zero-order valence-electron chi connectivity index (χ0n) is 15.0. The number of nitrogens with one attached hydrogen (secondary N) is 2. The van der Waals surface area contributed by atoms with Crippen molar-refractivity contribution >= 4 is 17.8 Å². The van der Waals surface area contributed by atoms with E-state index >= 15 is 0 Å². The fourth-order valence-corrected chi connectivity index (χ4v) is 3.63. The van der Waals surface area contributed by atoms with E-state index in [9.17, 15) is 9.59 Å². The van der Waals surface area contributed by atoms with Crippen molar-refractivity contribution in [2.24, 2.45) is 10.9 Å². The lowest BCUT2D eigenvalue weighted by molar-refractivity contribution is -0.147. The number of carbonyl (C=O) groups excluding carboxylic acids is 2. The van der Waals surface area contributed by atoms with E-state index in [-0.39, 0.29) is 11.8 Å². The molecule has 1 aliphatic heterocycles. The van der Waals surface area contributed by atoms with E-state index in [1.54, 1.807) is 7.05 Å². The normalized spacial score (nSPS) is 20.4. The quantitative estimate of drug-likeness (QED) is 0.323. The van der Waals surface area contributed by atoms with Crippen LogP contribution in [0.5, 0.6) is 0 Å². The monoisotopic (exact) mass is 336 g/mol. The van der Waals surface area contributed by atoms with Gasteiger partial charge in [-0.25, -0.2) is 0 Å². The number of aliphatic imine (C=N–C) groups is 1. The minimum atomic E-state index is -0.0523. The van der Waals surface area contributed by atoms with Gasteiger partial charge in [-0.15, -0.1) is 0 Å². The molecule has 136 valence electrons. The van der Waals surface area contributed by atoms with Gasteiger partial charge in [0, 0.05) is 39.5 Å². The molecule has 0 aromatic heterocycles. The maximum atomic E-state index is 11.7. The number of hydrogen-bond donors (Lipinski definition) is 2. The van der Waals surface area contributed by atoms with Crippen LogP contribution in [0.4, 0.5) is 0 Å². The molecule has 0 bridgehead atoms. The SMILES string of the molecule is CN=C(NCCCC1CCCCC1)NCCN1C(=O)CCCC1=O. The van der Waals surface area contributed by atoms with Gasteiger partial charge in [0.2, 0.25) is 11.8 Å². The Morgan fingerprint density at radius 3 is 2.38 bits per heavy atom. The second-order valence-corrected chi connectivity index (χ2v) is 6.86. The fourth-order valence-electron chi connectivity index (χ4n) is 3.63. The summed E-state index contributed by atoms with van der Waals surface area (Å²) < 4.78 is 0. The second-order valence-electron chi connectivity index (χ2n) is 6.86. The highest BCUT2D eigenvalue weighted by molar-refractivity contribution is 5.97. The summed E-state index contributed by atoms with van der Waals surface area (Å²) in [6, 6.07) is 0. The second kappa shape index (κ2) is 10.3. The summed E-state index contributed by atoms with van der Waals surface area (Å²) in [5, 5.41) is 6.51. The molecule has 2 rings (SSSR count). The molecule has 6 heteroatoms. The summed E-state index contributed by atoms with van der Waals surface area (Å²) in [5.41, 5.74) is 0. The molecular weight excluding hydrogens is 304 g/mol. The number of likely N-dealkylation sites (tertiary alicyclic amines) is 1. The molecule has 0 atom stereocenters. The average molecular weight is 336 g/mol. The van der Waals surface area contributed by atoms with Crippen LogP contribution in [-0.4, -0.2) is 49.4 Å². The molecular formula is C18H32N4O2. The Morgan fingerprint density at radius 2 is 1.71 bits per heavy atom. The summed E-state index contributed by atoms with van der Waals surface area (Å²) in [5.74, 6) is 1.55. The molecule has 2 aliphatic rings. The van der Waals surface area contributed by atoms with Crippen molar-refractivity contribution in [3.8, 4) is 0 Å². The standard InChI is InChI=1S/C18H32N4O2/c1-19-18(20-12-6-9-15-7-3-2-4-8-15)21-13-14-22-16(23)10-5-11-17(22)24/h15H,2-14H2,1H3,(H2,19,20,21). The predicted molar refractivity (Wildman–Crippen MR) is 95.7 cm³/mol. The number of rotatable bonds is 7. The van der Waals surface area contributed by atoms with Crippen LogP contribution in [0, 0.1) is 5.92 Å². The zero-order chi connectivity index (χ0) is 17.2. The molecule has 1 heterocycles. The molecule has 6 nitrogen and oxygen atoms in total. The van der Waals surface area contributed by atoms with Crippen molar-refractivity contribution in [2.75, 3.05) is 26.7 Å². The number of guanidine groups is 1.